The number of amides is 3. The van der Waals surface area contributed by atoms with Gasteiger partial charge in [0.25, 0.3) is 0 Å². The van der Waals surface area contributed by atoms with Crippen molar-refractivity contribution in [1.29, 1.82) is 0 Å². The van der Waals surface area contributed by atoms with Crippen LogP contribution in [0.1, 0.15) is 73.3 Å². The van der Waals surface area contributed by atoms with E-state index in [1.54, 1.807) is 0 Å². The molecular weight excluding hydrogens is 472 g/mol. The smallest absolute Gasteiger partial charge is 0.323 e. The van der Waals surface area contributed by atoms with Crippen LogP contribution in [0.4, 0.5) is 0 Å². The molecule has 0 saturated carbocycles. The first kappa shape index (κ1) is 32.1. The molecule has 0 aromatic heterocycles. The standard InChI is InChI=1S/C28H46N4O5/c1-17(2)13-22(27(35)32-23(14-18(3)4)26(34)30-20(7)25(29)33)31-24(15-19(5)6)28(36)37-16-21-11-9-8-10-12-21/h8-12,17-20,22-24,31H,13-16H2,1-7H3,(H2,29,33)(H,30,34)(H,32,35)/t20-,22-,23-,24?/m0/s1. The van der Waals surface area contributed by atoms with Crippen molar-refractivity contribution in [3.63, 3.8) is 0 Å². The summed E-state index contributed by atoms with van der Waals surface area (Å²) in [5.74, 6) is -1.50. The first-order chi connectivity index (χ1) is 17.3. The minimum Gasteiger partial charge on any atom is -0.460 e. The van der Waals surface area contributed by atoms with Crippen molar-refractivity contribution < 1.29 is 23.9 Å². The Morgan fingerprint density at radius 1 is 0.730 bits per heavy atom. The molecular formula is C28H46N4O5. The lowest BCUT2D eigenvalue weighted by Gasteiger charge is -2.29. The highest BCUT2D eigenvalue weighted by Gasteiger charge is 2.32. The zero-order valence-corrected chi connectivity index (χ0v) is 23.4. The van der Waals surface area contributed by atoms with Crippen molar-refractivity contribution >= 4 is 23.7 Å². The summed E-state index contributed by atoms with van der Waals surface area (Å²) in [5.41, 5.74) is 6.16. The Balaban J connectivity index is 3.03. The van der Waals surface area contributed by atoms with Crippen LogP contribution in [0.5, 0.6) is 0 Å². The second-order valence-electron chi connectivity index (χ2n) is 10.9. The summed E-state index contributed by atoms with van der Waals surface area (Å²) in [6, 6.07) is 6.30. The van der Waals surface area contributed by atoms with Crippen molar-refractivity contribution in [2.75, 3.05) is 0 Å². The van der Waals surface area contributed by atoms with E-state index in [-0.39, 0.29) is 30.3 Å². The van der Waals surface area contributed by atoms with E-state index >= 15 is 0 Å². The zero-order chi connectivity index (χ0) is 28.1. The molecule has 0 saturated heterocycles. The number of nitrogens with one attached hydrogen (secondary N) is 3. The van der Waals surface area contributed by atoms with Gasteiger partial charge in [0, 0.05) is 0 Å². The highest BCUT2D eigenvalue weighted by atomic mass is 16.5. The second-order valence-corrected chi connectivity index (χ2v) is 10.9. The normalized spacial score (nSPS) is 14.6. The first-order valence-corrected chi connectivity index (χ1v) is 13.2. The van der Waals surface area contributed by atoms with Crippen molar-refractivity contribution in [1.82, 2.24) is 16.0 Å². The van der Waals surface area contributed by atoms with Crippen LogP contribution in [-0.2, 0) is 30.5 Å². The minimum atomic E-state index is -0.863. The van der Waals surface area contributed by atoms with Gasteiger partial charge in [0.2, 0.25) is 17.7 Å². The van der Waals surface area contributed by atoms with E-state index < -0.39 is 42.0 Å². The summed E-state index contributed by atoms with van der Waals surface area (Å²) in [5, 5.41) is 8.62. The Bertz CT molecular complexity index is 873. The third-order valence-electron chi connectivity index (χ3n) is 5.77. The Morgan fingerprint density at radius 3 is 1.73 bits per heavy atom. The number of benzene rings is 1. The Hall–Kier alpha value is -2.94. The van der Waals surface area contributed by atoms with Gasteiger partial charge < -0.3 is 21.1 Å². The van der Waals surface area contributed by atoms with Crippen LogP contribution in [0.25, 0.3) is 0 Å². The van der Waals surface area contributed by atoms with Crippen LogP contribution in [0.3, 0.4) is 0 Å². The van der Waals surface area contributed by atoms with E-state index in [1.807, 2.05) is 71.9 Å². The molecule has 5 N–H and O–H groups in total. The number of ether oxygens (including phenoxy) is 1. The highest BCUT2D eigenvalue weighted by molar-refractivity contribution is 5.92. The van der Waals surface area contributed by atoms with Crippen LogP contribution < -0.4 is 21.7 Å². The van der Waals surface area contributed by atoms with Crippen LogP contribution >= 0.6 is 0 Å². The summed E-state index contributed by atoms with van der Waals surface area (Å²) >= 11 is 0. The second kappa shape index (κ2) is 16.0. The number of primary amides is 1. The quantitative estimate of drug-likeness (QED) is 0.248. The number of rotatable bonds is 16. The molecule has 0 heterocycles. The summed E-state index contributed by atoms with van der Waals surface area (Å²) in [6.07, 6.45) is 1.33. The van der Waals surface area contributed by atoms with Crippen LogP contribution in [0.2, 0.25) is 0 Å². The molecule has 9 nitrogen and oxygen atoms in total. The fraction of sp³-hybridized carbons (Fsp3) is 0.643. The van der Waals surface area contributed by atoms with Crippen LogP contribution in [0.15, 0.2) is 30.3 Å². The molecule has 37 heavy (non-hydrogen) atoms. The van der Waals surface area contributed by atoms with Crippen molar-refractivity contribution in [3.8, 4) is 0 Å². The molecule has 208 valence electrons. The third-order valence-corrected chi connectivity index (χ3v) is 5.77. The lowest BCUT2D eigenvalue weighted by Crippen LogP contribution is -2.57. The summed E-state index contributed by atoms with van der Waals surface area (Å²) < 4.78 is 5.57. The first-order valence-electron chi connectivity index (χ1n) is 13.2. The van der Waals surface area contributed by atoms with Gasteiger partial charge in [-0.1, -0.05) is 71.9 Å². The SMILES string of the molecule is CC(C)CC(N[C@@H](CC(C)C)C(=O)N[C@@H](CC(C)C)C(=O)N[C@@H](C)C(N)=O)C(=O)OCc1ccccc1. The number of carbonyl (C=O) groups is 4. The molecule has 3 amide bonds. The van der Waals surface area contributed by atoms with Gasteiger partial charge in [0.05, 0.1) is 6.04 Å². The molecule has 1 rings (SSSR count). The maximum atomic E-state index is 13.4. The van der Waals surface area contributed by atoms with Gasteiger partial charge in [-0.2, -0.15) is 0 Å². The van der Waals surface area contributed by atoms with Gasteiger partial charge in [0.1, 0.15) is 24.7 Å². The number of carbonyl (C=O) groups excluding carboxylic acids is 4. The average molecular weight is 519 g/mol. The molecule has 0 spiro atoms. The van der Waals surface area contributed by atoms with E-state index in [2.05, 4.69) is 16.0 Å². The monoisotopic (exact) mass is 518 g/mol. The molecule has 1 aromatic rings. The van der Waals surface area contributed by atoms with Crippen molar-refractivity contribution in [3.05, 3.63) is 35.9 Å². The van der Waals surface area contributed by atoms with E-state index in [0.29, 0.717) is 19.3 Å². The maximum absolute atomic E-state index is 13.4. The van der Waals surface area contributed by atoms with E-state index in [0.717, 1.165) is 5.56 Å². The Morgan fingerprint density at radius 2 is 1.22 bits per heavy atom. The largest absolute Gasteiger partial charge is 0.460 e. The molecule has 0 fully saturated rings. The van der Waals surface area contributed by atoms with E-state index in [1.165, 1.54) is 6.92 Å². The Kier molecular flexibility index (Phi) is 13.9. The van der Waals surface area contributed by atoms with Crippen LogP contribution in [0, 0.1) is 17.8 Å². The molecule has 0 aliphatic carbocycles. The van der Waals surface area contributed by atoms with Gasteiger partial charge in [-0.15, -0.1) is 0 Å². The van der Waals surface area contributed by atoms with Gasteiger partial charge in [-0.3, -0.25) is 24.5 Å². The van der Waals surface area contributed by atoms with E-state index in [9.17, 15) is 19.2 Å². The molecule has 0 aliphatic heterocycles. The van der Waals surface area contributed by atoms with Gasteiger partial charge in [-0.25, -0.2) is 0 Å². The predicted molar refractivity (Wildman–Crippen MR) is 144 cm³/mol. The van der Waals surface area contributed by atoms with E-state index in [4.69, 9.17) is 10.5 Å². The molecule has 4 atom stereocenters. The topological polar surface area (TPSA) is 140 Å². The number of nitrogens with two attached hydrogens (primary N) is 1. The zero-order valence-electron chi connectivity index (χ0n) is 23.4. The predicted octanol–water partition coefficient (Wildman–Crippen LogP) is 2.67. The molecule has 1 aromatic carbocycles. The van der Waals surface area contributed by atoms with Crippen molar-refractivity contribution in [2.45, 2.75) is 98.5 Å². The van der Waals surface area contributed by atoms with Gasteiger partial charge in [-0.05, 0) is 49.5 Å². The third kappa shape index (κ3) is 12.7. The summed E-state index contributed by atoms with van der Waals surface area (Å²) in [7, 11) is 0. The van der Waals surface area contributed by atoms with Gasteiger partial charge in [0.15, 0.2) is 0 Å². The van der Waals surface area contributed by atoms with Crippen molar-refractivity contribution in [2.24, 2.45) is 23.5 Å². The fourth-order valence-electron chi connectivity index (χ4n) is 3.86. The molecule has 0 bridgehead atoms. The summed E-state index contributed by atoms with van der Waals surface area (Å²) in [6.45, 7) is 13.5. The number of esters is 1. The molecule has 0 radical (unpaired) electrons. The molecule has 0 aliphatic rings. The summed E-state index contributed by atoms with van der Waals surface area (Å²) in [4.78, 5) is 50.7. The minimum absolute atomic E-state index is 0.109. The maximum Gasteiger partial charge on any atom is 0.323 e. The van der Waals surface area contributed by atoms with Gasteiger partial charge >= 0.3 is 5.97 Å². The lowest BCUT2D eigenvalue weighted by molar-refractivity contribution is -0.148. The lowest BCUT2D eigenvalue weighted by atomic mass is 9.97. The average Bonchev–Trinajstić information content (AvgIpc) is 2.80. The molecule has 9 heteroatoms. The number of hydrogen-bond donors (Lipinski definition) is 4. The number of hydrogen-bond acceptors (Lipinski definition) is 6. The molecule has 1 unspecified atom stereocenters. The van der Waals surface area contributed by atoms with Crippen LogP contribution in [-0.4, -0.2) is 47.9 Å². The highest BCUT2D eigenvalue weighted by Crippen LogP contribution is 2.14. The Labute approximate surface area is 221 Å². The fourth-order valence-corrected chi connectivity index (χ4v) is 3.86.